The van der Waals surface area contributed by atoms with E-state index in [2.05, 4.69) is 9.97 Å². The standard InChI is InChI=1S/C4H4BN3/c5-3-1-8-4(6)2-7-3/h1-2H,(H2,6,8). The van der Waals surface area contributed by atoms with Crippen molar-refractivity contribution in [2.24, 2.45) is 0 Å². The molecule has 1 aromatic heterocycles. The number of nitrogen functional groups attached to an aromatic ring is 1. The largest absolute Gasteiger partial charge is 0.382 e. The zero-order chi connectivity index (χ0) is 5.98. The highest BCUT2D eigenvalue weighted by atomic mass is 14.9. The molecule has 0 saturated heterocycles. The maximum atomic E-state index is 5.20. The molecule has 0 unspecified atom stereocenters. The summed E-state index contributed by atoms with van der Waals surface area (Å²) >= 11 is 0. The first kappa shape index (κ1) is 5.09. The molecule has 0 bridgehead atoms. The summed E-state index contributed by atoms with van der Waals surface area (Å²) < 4.78 is 0. The van der Waals surface area contributed by atoms with Crippen molar-refractivity contribution in [3.05, 3.63) is 12.4 Å². The van der Waals surface area contributed by atoms with E-state index >= 15 is 0 Å². The van der Waals surface area contributed by atoms with E-state index in [0.717, 1.165) is 0 Å². The van der Waals surface area contributed by atoms with Crippen LogP contribution in [0.4, 0.5) is 5.82 Å². The predicted octanol–water partition coefficient (Wildman–Crippen LogP) is -1.15. The van der Waals surface area contributed by atoms with Crippen LogP contribution in [-0.4, -0.2) is 17.8 Å². The van der Waals surface area contributed by atoms with E-state index in [9.17, 15) is 0 Å². The molecule has 0 spiro atoms. The Bertz CT molecular complexity index is 150. The third-order valence-electron chi connectivity index (χ3n) is 0.692. The third-order valence-corrected chi connectivity index (χ3v) is 0.692. The van der Waals surface area contributed by atoms with Crippen molar-refractivity contribution in [2.75, 3.05) is 5.73 Å². The summed E-state index contributed by atoms with van der Waals surface area (Å²) in [5, 5.41) is 0. The molecule has 2 radical (unpaired) electrons. The van der Waals surface area contributed by atoms with Crippen molar-refractivity contribution in [2.45, 2.75) is 0 Å². The third kappa shape index (κ3) is 0.962. The van der Waals surface area contributed by atoms with E-state index in [1.807, 2.05) is 0 Å². The van der Waals surface area contributed by atoms with E-state index in [0.29, 0.717) is 11.4 Å². The SMILES string of the molecule is [B]c1cnc(N)cn1. The van der Waals surface area contributed by atoms with Crippen molar-refractivity contribution in [3.8, 4) is 0 Å². The van der Waals surface area contributed by atoms with Gasteiger partial charge in [-0.1, -0.05) is 0 Å². The maximum absolute atomic E-state index is 5.20. The van der Waals surface area contributed by atoms with Crippen molar-refractivity contribution in [1.82, 2.24) is 9.97 Å². The average molecular weight is 105 g/mol. The Hall–Kier alpha value is -1.06. The lowest BCUT2D eigenvalue weighted by Gasteiger charge is -1.89. The van der Waals surface area contributed by atoms with Gasteiger partial charge in [0.15, 0.2) is 0 Å². The van der Waals surface area contributed by atoms with E-state index in [1.54, 1.807) is 0 Å². The molecule has 2 N–H and O–H groups in total. The zero-order valence-electron chi connectivity index (χ0n) is 4.20. The Labute approximate surface area is 48.4 Å². The summed E-state index contributed by atoms with van der Waals surface area (Å²) in [5.74, 6) is 0.388. The number of rotatable bonds is 0. The van der Waals surface area contributed by atoms with Crippen LogP contribution < -0.4 is 11.3 Å². The van der Waals surface area contributed by atoms with Gasteiger partial charge in [-0.25, -0.2) is 4.98 Å². The molecule has 0 atom stereocenters. The van der Waals surface area contributed by atoms with Crippen LogP contribution in [0.3, 0.4) is 0 Å². The fraction of sp³-hybridized carbons (Fsp3) is 0. The van der Waals surface area contributed by atoms with Crippen LogP contribution in [-0.2, 0) is 0 Å². The number of hydrogen-bond acceptors (Lipinski definition) is 3. The highest BCUT2D eigenvalue weighted by molar-refractivity contribution is 6.30. The summed E-state index contributed by atoms with van der Waals surface area (Å²) in [6.07, 6.45) is 2.82. The Kier molecular flexibility index (Phi) is 1.16. The monoisotopic (exact) mass is 105 g/mol. The van der Waals surface area contributed by atoms with E-state index in [4.69, 9.17) is 13.6 Å². The Balaban J connectivity index is 3.03. The maximum Gasteiger partial charge on any atom is 0.143 e. The van der Waals surface area contributed by atoms with Gasteiger partial charge in [0.25, 0.3) is 0 Å². The molecular formula is C4H4BN3. The lowest BCUT2D eigenvalue weighted by molar-refractivity contribution is 1.25. The predicted molar refractivity (Wildman–Crippen MR) is 31.8 cm³/mol. The molecule has 0 aliphatic rings. The molecule has 8 heavy (non-hydrogen) atoms. The van der Waals surface area contributed by atoms with Gasteiger partial charge >= 0.3 is 0 Å². The van der Waals surface area contributed by atoms with Crippen LogP contribution >= 0.6 is 0 Å². The second-order valence-electron chi connectivity index (χ2n) is 1.37. The minimum Gasteiger partial charge on any atom is -0.382 e. The molecule has 0 amide bonds. The normalized spacial score (nSPS) is 9.00. The highest BCUT2D eigenvalue weighted by Crippen LogP contribution is 1.83. The van der Waals surface area contributed by atoms with Gasteiger partial charge in [0, 0.05) is 11.8 Å². The zero-order valence-corrected chi connectivity index (χ0v) is 4.20. The fourth-order valence-corrected chi connectivity index (χ4v) is 0.348. The van der Waals surface area contributed by atoms with Gasteiger partial charge in [0.2, 0.25) is 0 Å². The minimum absolute atomic E-state index is 0.388. The van der Waals surface area contributed by atoms with Gasteiger partial charge in [-0.05, 0) is 0 Å². The summed E-state index contributed by atoms with van der Waals surface area (Å²) in [7, 11) is 5.20. The van der Waals surface area contributed by atoms with Gasteiger partial charge in [-0.15, -0.1) is 0 Å². The molecule has 1 rings (SSSR count). The van der Waals surface area contributed by atoms with Crippen molar-refractivity contribution in [1.29, 1.82) is 0 Å². The van der Waals surface area contributed by atoms with E-state index in [1.165, 1.54) is 12.4 Å². The van der Waals surface area contributed by atoms with Crippen LogP contribution in [0.25, 0.3) is 0 Å². The number of nitrogens with two attached hydrogens (primary N) is 1. The highest BCUT2D eigenvalue weighted by Gasteiger charge is 1.82. The molecule has 4 heteroatoms. The summed E-state index contributed by atoms with van der Waals surface area (Å²) in [5.41, 5.74) is 5.59. The van der Waals surface area contributed by atoms with Crippen molar-refractivity contribution < 1.29 is 0 Å². The molecule has 1 heterocycles. The number of anilines is 1. The first-order valence-corrected chi connectivity index (χ1v) is 2.12. The first-order valence-electron chi connectivity index (χ1n) is 2.12. The van der Waals surface area contributed by atoms with Crippen LogP contribution in [0.1, 0.15) is 0 Å². The van der Waals surface area contributed by atoms with Crippen LogP contribution in [0.2, 0.25) is 0 Å². The van der Waals surface area contributed by atoms with Gasteiger partial charge in [-0.3, -0.25) is 4.98 Å². The number of hydrogen-bond donors (Lipinski definition) is 1. The molecule has 0 aromatic carbocycles. The lowest BCUT2D eigenvalue weighted by Crippen LogP contribution is -2.08. The van der Waals surface area contributed by atoms with Crippen LogP contribution in [0, 0.1) is 0 Å². The topological polar surface area (TPSA) is 51.8 Å². The minimum atomic E-state index is 0.388. The van der Waals surface area contributed by atoms with Gasteiger partial charge in [0.05, 0.1) is 6.20 Å². The second-order valence-corrected chi connectivity index (χ2v) is 1.37. The smallest absolute Gasteiger partial charge is 0.143 e. The Morgan fingerprint density at radius 3 is 2.50 bits per heavy atom. The van der Waals surface area contributed by atoms with Gasteiger partial charge in [0.1, 0.15) is 13.7 Å². The molecule has 0 aliphatic heterocycles. The van der Waals surface area contributed by atoms with Crippen molar-refractivity contribution >= 4 is 19.3 Å². The fourth-order valence-electron chi connectivity index (χ4n) is 0.348. The first-order chi connectivity index (χ1) is 3.79. The van der Waals surface area contributed by atoms with E-state index in [-0.39, 0.29) is 0 Å². The second kappa shape index (κ2) is 1.82. The van der Waals surface area contributed by atoms with Crippen LogP contribution in [0.5, 0.6) is 0 Å². The summed E-state index contributed by atoms with van der Waals surface area (Å²) in [6.45, 7) is 0. The average Bonchev–Trinajstić information content (AvgIpc) is 1.77. The van der Waals surface area contributed by atoms with E-state index < -0.39 is 0 Å². The molecule has 1 aromatic rings. The molecule has 0 fully saturated rings. The lowest BCUT2D eigenvalue weighted by atomic mass is 10.1. The van der Waals surface area contributed by atoms with Gasteiger partial charge in [-0.2, -0.15) is 0 Å². The Morgan fingerprint density at radius 1 is 1.38 bits per heavy atom. The Morgan fingerprint density at radius 2 is 2.12 bits per heavy atom. The molecule has 38 valence electrons. The summed E-state index contributed by atoms with van der Waals surface area (Å²) in [6, 6.07) is 0. The van der Waals surface area contributed by atoms with Gasteiger partial charge < -0.3 is 5.73 Å². The van der Waals surface area contributed by atoms with Crippen LogP contribution in [0.15, 0.2) is 12.4 Å². The number of nitrogens with zero attached hydrogens (tertiary/aromatic N) is 2. The molecule has 0 saturated carbocycles. The quantitative estimate of drug-likeness (QED) is 0.424. The molecule has 3 nitrogen and oxygen atoms in total. The summed E-state index contributed by atoms with van der Waals surface area (Å²) in [4.78, 5) is 7.34. The van der Waals surface area contributed by atoms with Crippen molar-refractivity contribution in [3.63, 3.8) is 0 Å². The molecular weight excluding hydrogens is 101 g/mol. The molecule has 0 aliphatic carbocycles. The number of aromatic nitrogens is 2.